The van der Waals surface area contributed by atoms with Gasteiger partial charge in [-0.2, -0.15) is 0 Å². The molecule has 2 rings (SSSR count). The molecule has 4 heteroatoms. The maximum absolute atomic E-state index is 12.2. The zero-order valence-corrected chi connectivity index (χ0v) is 13.1. The van der Waals surface area contributed by atoms with E-state index in [2.05, 4.69) is 23.5 Å². The molecule has 2 amide bonds. The number of hydrogen-bond acceptors (Lipinski definition) is 2. The predicted octanol–water partition coefficient (Wildman–Crippen LogP) is 2.55. The van der Waals surface area contributed by atoms with Gasteiger partial charge in [-0.05, 0) is 35.8 Å². The number of nitrogens with one attached hydrogen (secondary N) is 1. The summed E-state index contributed by atoms with van der Waals surface area (Å²) < 4.78 is 0. The molecule has 21 heavy (non-hydrogen) atoms. The van der Waals surface area contributed by atoms with Crippen molar-refractivity contribution < 1.29 is 9.90 Å². The standard InChI is InChI=1S/C17H26N2O2/c1-17(2,13-20)9-5-10-18-16(21)19-11-8-14-6-3-4-7-15(14)12-19/h3-4,6-7,20H,5,8-13H2,1-2H3,(H,18,21). The van der Waals surface area contributed by atoms with Gasteiger partial charge >= 0.3 is 6.03 Å². The van der Waals surface area contributed by atoms with Crippen LogP contribution < -0.4 is 5.32 Å². The molecule has 0 unspecified atom stereocenters. The first-order chi connectivity index (χ1) is 10.0. The van der Waals surface area contributed by atoms with E-state index in [9.17, 15) is 9.90 Å². The summed E-state index contributed by atoms with van der Waals surface area (Å²) in [4.78, 5) is 14.0. The number of aliphatic hydroxyl groups excluding tert-OH is 1. The number of hydrogen-bond donors (Lipinski definition) is 2. The number of aliphatic hydroxyl groups is 1. The van der Waals surface area contributed by atoms with Crippen molar-refractivity contribution in [1.29, 1.82) is 0 Å². The van der Waals surface area contributed by atoms with Gasteiger partial charge in [-0.3, -0.25) is 0 Å². The second kappa shape index (κ2) is 6.94. The summed E-state index contributed by atoms with van der Waals surface area (Å²) >= 11 is 0. The summed E-state index contributed by atoms with van der Waals surface area (Å²) in [6, 6.07) is 8.33. The molecule has 0 atom stereocenters. The Balaban J connectivity index is 1.75. The van der Waals surface area contributed by atoms with E-state index < -0.39 is 0 Å². The minimum Gasteiger partial charge on any atom is -0.396 e. The van der Waals surface area contributed by atoms with Crippen molar-refractivity contribution in [2.24, 2.45) is 5.41 Å². The average Bonchev–Trinajstić information content (AvgIpc) is 2.51. The number of urea groups is 1. The third kappa shape index (κ3) is 4.46. The molecule has 0 aliphatic carbocycles. The van der Waals surface area contributed by atoms with Gasteiger partial charge in [-0.1, -0.05) is 38.1 Å². The molecule has 0 saturated carbocycles. The molecular formula is C17H26N2O2. The lowest BCUT2D eigenvalue weighted by atomic mass is 9.89. The van der Waals surface area contributed by atoms with E-state index >= 15 is 0 Å². The SMILES string of the molecule is CC(C)(CO)CCCNC(=O)N1CCc2ccccc2C1. The monoisotopic (exact) mass is 290 g/mol. The molecule has 0 aromatic heterocycles. The predicted molar refractivity (Wildman–Crippen MR) is 84.1 cm³/mol. The van der Waals surface area contributed by atoms with Gasteiger partial charge in [0.1, 0.15) is 0 Å². The Labute approximate surface area is 127 Å². The Kier molecular flexibility index (Phi) is 5.23. The van der Waals surface area contributed by atoms with Crippen LogP contribution in [0.1, 0.15) is 37.8 Å². The Morgan fingerprint density at radius 1 is 1.33 bits per heavy atom. The fourth-order valence-corrected chi connectivity index (χ4v) is 2.62. The molecule has 2 N–H and O–H groups in total. The van der Waals surface area contributed by atoms with Crippen LogP contribution in [0.4, 0.5) is 4.79 Å². The number of benzene rings is 1. The summed E-state index contributed by atoms with van der Waals surface area (Å²) in [5.74, 6) is 0. The van der Waals surface area contributed by atoms with E-state index in [0.29, 0.717) is 13.1 Å². The summed E-state index contributed by atoms with van der Waals surface area (Å²) in [6.45, 7) is 6.41. The number of carbonyl (C=O) groups excluding carboxylic acids is 1. The van der Waals surface area contributed by atoms with Gasteiger partial charge in [0.25, 0.3) is 0 Å². The topological polar surface area (TPSA) is 52.6 Å². The van der Waals surface area contributed by atoms with E-state index in [1.807, 2.05) is 24.8 Å². The Hall–Kier alpha value is -1.55. The van der Waals surface area contributed by atoms with Crippen molar-refractivity contribution in [1.82, 2.24) is 10.2 Å². The van der Waals surface area contributed by atoms with Gasteiger partial charge in [0, 0.05) is 26.2 Å². The zero-order valence-electron chi connectivity index (χ0n) is 13.1. The normalized spacial score (nSPS) is 14.7. The van der Waals surface area contributed by atoms with Gasteiger partial charge in [-0.25, -0.2) is 4.79 Å². The highest BCUT2D eigenvalue weighted by Crippen LogP contribution is 2.21. The highest BCUT2D eigenvalue weighted by atomic mass is 16.3. The molecule has 0 fully saturated rings. The highest BCUT2D eigenvalue weighted by Gasteiger charge is 2.20. The fourth-order valence-electron chi connectivity index (χ4n) is 2.62. The molecule has 1 aromatic carbocycles. The molecule has 1 aliphatic heterocycles. The van der Waals surface area contributed by atoms with Crippen molar-refractivity contribution in [2.45, 2.75) is 39.7 Å². The second-order valence-corrected chi connectivity index (χ2v) is 6.60. The number of fused-ring (bicyclic) bond motifs is 1. The van der Waals surface area contributed by atoms with Gasteiger partial charge < -0.3 is 15.3 Å². The minimum absolute atomic E-state index is 0.0197. The van der Waals surface area contributed by atoms with E-state index in [-0.39, 0.29) is 18.1 Å². The largest absolute Gasteiger partial charge is 0.396 e. The number of carbonyl (C=O) groups is 1. The van der Waals surface area contributed by atoms with Gasteiger partial charge in [0.05, 0.1) is 0 Å². The second-order valence-electron chi connectivity index (χ2n) is 6.60. The molecule has 1 aliphatic rings. The van der Waals surface area contributed by atoms with Crippen LogP contribution >= 0.6 is 0 Å². The Morgan fingerprint density at radius 2 is 2.05 bits per heavy atom. The van der Waals surface area contributed by atoms with Crippen molar-refractivity contribution in [3.05, 3.63) is 35.4 Å². The molecule has 0 saturated heterocycles. The number of rotatable bonds is 5. The average molecular weight is 290 g/mol. The lowest BCUT2D eigenvalue weighted by Gasteiger charge is -2.29. The zero-order chi connectivity index (χ0) is 15.3. The third-order valence-corrected chi connectivity index (χ3v) is 4.15. The van der Waals surface area contributed by atoms with Crippen LogP contribution in [0.5, 0.6) is 0 Å². The fraction of sp³-hybridized carbons (Fsp3) is 0.588. The minimum atomic E-state index is -0.0607. The summed E-state index contributed by atoms with van der Waals surface area (Å²) in [7, 11) is 0. The van der Waals surface area contributed by atoms with Crippen LogP contribution in [0.2, 0.25) is 0 Å². The summed E-state index contributed by atoms with van der Waals surface area (Å²) in [5, 5.41) is 12.2. The van der Waals surface area contributed by atoms with Crippen molar-refractivity contribution in [2.75, 3.05) is 19.7 Å². The van der Waals surface area contributed by atoms with Gasteiger partial charge in [-0.15, -0.1) is 0 Å². The highest BCUT2D eigenvalue weighted by molar-refractivity contribution is 5.74. The quantitative estimate of drug-likeness (QED) is 0.819. The van der Waals surface area contributed by atoms with Gasteiger partial charge in [0.2, 0.25) is 0 Å². The van der Waals surface area contributed by atoms with Crippen molar-refractivity contribution in [3.63, 3.8) is 0 Å². The first-order valence-corrected chi connectivity index (χ1v) is 7.72. The molecule has 116 valence electrons. The lowest BCUT2D eigenvalue weighted by molar-refractivity contribution is 0.147. The van der Waals surface area contributed by atoms with Crippen LogP contribution in [0, 0.1) is 5.41 Å². The third-order valence-electron chi connectivity index (χ3n) is 4.15. The van der Waals surface area contributed by atoms with Gasteiger partial charge in [0.15, 0.2) is 0 Å². The van der Waals surface area contributed by atoms with Crippen LogP contribution in [0.15, 0.2) is 24.3 Å². The molecule has 1 heterocycles. The summed E-state index contributed by atoms with van der Waals surface area (Å²) in [6.07, 6.45) is 2.73. The maximum atomic E-state index is 12.2. The Morgan fingerprint density at radius 3 is 2.76 bits per heavy atom. The molecule has 0 radical (unpaired) electrons. The number of nitrogens with zero attached hydrogens (tertiary/aromatic N) is 1. The first kappa shape index (κ1) is 15.8. The molecule has 0 spiro atoms. The molecular weight excluding hydrogens is 264 g/mol. The van der Waals surface area contributed by atoms with Crippen molar-refractivity contribution >= 4 is 6.03 Å². The first-order valence-electron chi connectivity index (χ1n) is 7.72. The summed E-state index contributed by atoms with van der Waals surface area (Å²) in [5.41, 5.74) is 2.54. The smallest absolute Gasteiger partial charge is 0.317 e. The van der Waals surface area contributed by atoms with Crippen LogP contribution in [-0.2, 0) is 13.0 Å². The van der Waals surface area contributed by atoms with E-state index in [1.165, 1.54) is 11.1 Å². The van der Waals surface area contributed by atoms with Crippen LogP contribution in [-0.4, -0.2) is 35.7 Å². The lowest BCUT2D eigenvalue weighted by Crippen LogP contribution is -2.43. The van der Waals surface area contributed by atoms with Crippen molar-refractivity contribution in [3.8, 4) is 0 Å². The van der Waals surface area contributed by atoms with Crippen LogP contribution in [0.25, 0.3) is 0 Å². The molecule has 4 nitrogen and oxygen atoms in total. The van der Waals surface area contributed by atoms with E-state index in [1.54, 1.807) is 0 Å². The molecule has 0 bridgehead atoms. The molecule has 1 aromatic rings. The van der Waals surface area contributed by atoms with E-state index in [0.717, 1.165) is 25.8 Å². The number of amides is 2. The Bertz CT molecular complexity index is 485. The van der Waals surface area contributed by atoms with E-state index in [4.69, 9.17) is 0 Å². The maximum Gasteiger partial charge on any atom is 0.317 e. The van der Waals surface area contributed by atoms with Crippen LogP contribution in [0.3, 0.4) is 0 Å².